The maximum Gasteiger partial charge on any atom is 0.472 e. The van der Waals surface area contributed by atoms with Crippen molar-refractivity contribution in [3.8, 4) is 0 Å². The van der Waals surface area contributed by atoms with E-state index in [2.05, 4.69) is 35.9 Å². The number of rotatable bonds is 7. The fraction of sp³-hybridized carbons (Fsp3) is 0.516. The van der Waals surface area contributed by atoms with E-state index < -0.39 is 23.8 Å². The molecule has 2 aromatic rings. The standard InChI is InChI=1S/C31H40F4N6O3S/c1-30(2,3)20-40-12-10-39(11-13-40)18-21-4-8-24(9-5-21)36-29(44)41-14-15-45-25(19-41)16-22-6-7-23(17-26(22)32)27(42)37-38-28(43)31(33,34)35/h4-9,17,25H,10-16,18-20H2,1-3H3,(H,36,44)(H,37,42)(H,38,43). The van der Waals surface area contributed by atoms with Crippen LogP contribution in [-0.2, 0) is 17.8 Å². The average molecular weight is 653 g/mol. The van der Waals surface area contributed by atoms with E-state index in [0.29, 0.717) is 35.5 Å². The largest absolute Gasteiger partial charge is 0.472 e. The van der Waals surface area contributed by atoms with Crippen LogP contribution in [0.3, 0.4) is 0 Å². The summed E-state index contributed by atoms with van der Waals surface area (Å²) in [4.78, 5) is 42.6. The Bertz CT molecular complexity index is 1340. The predicted octanol–water partition coefficient (Wildman–Crippen LogP) is 4.50. The molecule has 2 heterocycles. The van der Waals surface area contributed by atoms with Crippen molar-refractivity contribution in [3.05, 3.63) is 65.0 Å². The number of nitrogens with zero attached hydrogens (tertiary/aromatic N) is 3. The van der Waals surface area contributed by atoms with Crippen LogP contribution in [-0.4, -0.2) is 95.5 Å². The van der Waals surface area contributed by atoms with Crippen molar-refractivity contribution in [1.29, 1.82) is 0 Å². The van der Waals surface area contributed by atoms with Gasteiger partial charge in [-0.1, -0.05) is 39.0 Å². The lowest BCUT2D eigenvalue weighted by molar-refractivity contribution is -0.174. The highest BCUT2D eigenvalue weighted by Gasteiger charge is 2.39. The Hall–Kier alpha value is -3.36. The molecule has 0 bridgehead atoms. The number of hydrogen-bond donors (Lipinski definition) is 3. The summed E-state index contributed by atoms with van der Waals surface area (Å²) in [6.45, 7) is 13.8. The first-order valence-electron chi connectivity index (χ1n) is 14.8. The molecule has 0 aliphatic carbocycles. The minimum atomic E-state index is -5.17. The molecular weight excluding hydrogens is 612 g/mol. The number of urea groups is 1. The predicted molar refractivity (Wildman–Crippen MR) is 166 cm³/mol. The van der Waals surface area contributed by atoms with Crippen LogP contribution in [0.5, 0.6) is 0 Å². The second-order valence-electron chi connectivity index (χ2n) is 12.6. The molecular formula is C31H40F4N6O3S. The molecule has 45 heavy (non-hydrogen) atoms. The van der Waals surface area contributed by atoms with Crippen LogP contribution in [0.1, 0.15) is 42.3 Å². The average Bonchev–Trinajstić information content (AvgIpc) is 2.97. The van der Waals surface area contributed by atoms with Crippen LogP contribution in [0.4, 0.5) is 28.0 Å². The number of alkyl halides is 3. The number of hydrazine groups is 1. The zero-order chi connectivity index (χ0) is 32.8. The summed E-state index contributed by atoms with van der Waals surface area (Å²) in [5, 5.41) is 2.85. The van der Waals surface area contributed by atoms with E-state index in [4.69, 9.17) is 0 Å². The summed E-state index contributed by atoms with van der Waals surface area (Å²) < 4.78 is 51.7. The molecule has 1 atom stereocenters. The molecule has 2 aromatic carbocycles. The van der Waals surface area contributed by atoms with Crippen molar-refractivity contribution < 1.29 is 31.9 Å². The highest BCUT2D eigenvalue weighted by atomic mass is 32.2. The molecule has 3 N–H and O–H groups in total. The summed E-state index contributed by atoms with van der Waals surface area (Å²) in [6, 6.07) is 11.2. The van der Waals surface area contributed by atoms with Gasteiger partial charge in [-0.25, -0.2) is 9.18 Å². The molecule has 2 aliphatic rings. The molecule has 14 heteroatoms. The van der Waals surface area contributed by atoms with E-state index in [0.717, 1.165) is 45.3 Å². The van der Waals surface area contributed by atoms with Crippen molar-refractivity contribution in [3.63, 3.8) is 0 Å². The lowest BCUT2D eigenvalue weighted by Gasteiger charge is -2.37. The van der Waals surface area contributed by atoms with Gasteiger partial charge >= 0.3 is 18.1 Å². The molecule has 9 nitrogen and oxygen atoms in total. The van der Waals surface area contributed by atoms with E-state index in [1.165, 1.54) is 23.1 Å². The molecule has 246 valence electrons. The van der Waals surface area contributed by atoms with Crippen molar-refractivity contribution in [2.45, 2.75) is 45.2 Å². The number of halogens is 4. The number of nitrogens with one attached hydrogen (secondary N) is 3. The Morgan fingerprint density at radius 1 is 0.911 bits per heavy atom. The number of carbonyl (C=O) groups excluding carboxylic acids is 3. The smallest absolute Gasteiger partial charge is 0.323 e. The fourth-order valence-corrected chi connectivity index (χ4v) is 6.56. The minimum Gasteiger partial charge on any atom is -0.323 e. The van der Waals surface area contributed by atoms with Crippen LogP contribution in [0.15, 0.2) is 42.5 Å². The Kier molecular flexibility index (Phi) is 11.4. The summed E-state index contributed by atoms with van der Waals surface area (Å²) in [5.74, 6) is -3.47. The van der Waals surface area contributed by atoms with Gasteiger partial charge in [0, 0.05) is 74.6 Å². The fourth-order valence-electron chi connectivity index (χ4n) is 5.31. The van der Waals surface area contributed by atoms with Gasteiger partial charge in [0.25, 0.3) is 5.91 Å². The van der Waals surface area contributed by atoms with Crippen LogP contribution in [0.2, 0.25) is 0 Å². The Labute approximate surface area is 265 Å². The maximum atomic E-state index is 14.8. The molecule has 2 aliphatic heterocycles. The second kappa shape index (κ2) is 14.8. The van der Waals surface area contributed by atoms with Crippen LogP contribution in [0.25, 0.3) is 0 Å². The summed E-state index contributed by atoms with van der Waals surface area (Å²) >= 11 is 1.61. The number of anilines is 1. The van der Waals surface area contributed by atoms with Gasteiger partial charge in [-0.2, -0.15) is 24.9 Å². The van der Waals surface area contributed by atoms with E-state index in [9.17, 15) is 31.9 Å². The highest BCUT2D eigenvalue weighted by Crippen LogP contribution is 2.25. The number of hydrogen-bond acceptors (Lipinski definition) is 6. The van der Waals surface area contributed by atoms with Crippen LogP contribution < -0.4 is 16.2 Å². The number of carbonyl (C=O) groups is 3. The van der Waals surface area contributed by atoms with Gasteiger partial charge < -0.3 is 15.1 Å². The van der Waals surface area contributed by atoms with Gasteiger partial charge in [-0.3, -0.25) is 25.3 Å². The van der Waals surface area contributed by atoms with Gasteiger partial charge in [-0.05, 0) is 47.2 Å². The Morgan fingerprint density at radius 2 is 1.58 bits per heavy atom. The third-order valence-electron chi connectivity index (χ3n) is 7.51. The third-order valence-corrected chi connectivity index (χ3v) is 8.72. The molecule has 2 fully saturated rings. The van der Waals surface area contributed by atoms with Gasteiger partial charge in [0.05, 0.1) is 0 Å². The number of thioether (sulfide) groups is 1. The quantitative estimate of drug-likeness (QED) is 0.301. The lowest BCUT2D eigenvalue weighted by Crippen LogP contribution is -2.48. The van der Waals surface area contributed by atoms with E-state index >= 15 is 0 Å². The van der Waals surface area contributed by atoms with E-state index in [1.807, 2.05) is 24.3 Å². The molecule has 2 saturated heterocycles. The van der Waals surface area contributed by atoms with Gasteiger partial charge in [0.15, 0.2) is 0 Å². The SMILES string of the molecule is CC(C)(C)CN1CCN(Cc2ccc(NC(=O)N3CCSC(Cc4ccc(C(=O)NNC(=O)C(F)(F)F)cc4F)C3)cc2)CC1. The summed E-state index contributed by atoms with van der Waals surface area (Å²) in [6.07, 6.45) is -4.89. The normalized spacial score (nSPS) is 18.4. The maximum absolute atomic E-state index is 14.8. The second-order valence-corrected chi connectivity index (χ2v) is 14.0. The van der Waals surface area contributed by atoms with Crippen LogP contribution >= 0.6 is 11.8 Å². The van der Waals surface area contributed by atoms with Gasteiger partial charge in [0.2, 0.25) is 0 Å². The van der Waals surface area contributed by atoms with Crippen molar-refractivity contribution in [2.75, 3.05) is 56.9 Å². The summed E-state index contributed by atoms with van der Waals surface area (Å²) in [7, 11) is 0. The minimum absolute atomic E-state index is 0.101. The monoisotopic (exact) mass is 652 g/mol. The molecule has 0 radical (unpaired) electrons. The van der Waals surface area contributed by atoms with Gasteiger partial charge in [0.1, 0.15) is 5.82 Å². The number of benzene rings is 2. The third kappa shape index (κ3) is 10.6. The first kappa shape index (κ1) is 34.5. The van der Waals surface area contributed by atoms with Crippen molar-refractivity contribution >= 4 is 35.3 Å². The first-order chi connectivity index (χ1) is 21.2. The zero-order valence-electron chi connectivity index (χ0n) is 25.7. The number of piperazine rings is 1. The first-order valence-corrected chi connectivity index (χ1v) is 15.9. The molecule has 0 spiro atoms. The Balaban J connectivity index is 1.23. The molecule has 1 unspecified atom stereocenters. The Morgan fingerprint density at radius 3 is 2.20 bits per heavy atom. The van der Waals surface area contributed by atoms with E-state index in [1.54, 1.807) is 22.1 Å². The van der Waals surface area contributed by atoms with Crippen molar-refractivity contribution in [2.24, 2.45) is 5.41 Å². The lowest BCUT2D eigenvalue weighted by atomic mass is 9.96. The molecule has 4 rings (SSSR count). The topological polar surface area (TPSA) is 97.0 Å². The molecule has 0 saturated carbocycles. The van der Waals surface area contributed by atoms with E-state index in [-0.39, 0.29) is 23.3 Å². The summed E-state index contributed by atoms with van der Waals surface area (Å²) in [5.41, 5.74) is 5.08. The highest BCUT2D eigenvalue weighted by molar-refractivity contribution is 8.00. The van der Waals surface area contributed by atoms with Gasteiger partial charge in [-0.15, -0.1) is 0 Å². The zero-order valence-corrected chi connectivity index (χ0v) is 26.5. The number of amides is 4. The molecule has 0 aromatic heterocycles. The molecule has 4 amide bonds. The van der Waals surface area contributed by atoms with Crippen molar-refractivity contribution in [1.82, 2.24) is 25.6 Å². The van der Waals surface area contributed by atoms with Crippen LogP contribution in [0, 0.1) is 11.2 Å².